The summed E-state index contributed by atoms with van der Waals surface area (Å²) in [5.41, 5.74) is 3.35. The first-order valence-corrected chi connectivity index (χ1v) is 9.64. The molecular weight excluding hydrogens is 374 g/mol. The molecular formula is C18H19NO7S-2. The van der Waals surface area contributed by atoms with Gasteiger partial charge in [0.05, 0.1) is 25.2 Å². The average molecular weight is 393 g/mol. The molecule has 146 valence electrons. The summed E-state index contributed by atoms with van der Waals surface area (Å²) in [7, 11) is -1.78. The third-order valence-electron chi connectivity index (χ3n) is 5.12. The SMILES string of the molecule is COC1=CNC2=C3C1=C(OC)C1(C=CC(=O)C=C1)CC3CC2.O=S(=O)([O-])[O-]. The number of hydrogen-bond acceptors (Lipinski definition) is 8. The summed E-state index contributed by atoms with van der Waals surface area (Å²) in [5, 5.41) is 3.37. The van der Waals surface area contributed by atoms with Gasteiger partial charge in [0.2, 0.25) is 0 Å². The molecule has 0 fully saturated rings. The highest BCUT2D eigenvalue weighted by molar-refractivity contribution is 7.79. The lowest BCUT2D eigenvalue weighted by molar-refractivity contribution is -0.110. The Bertz CT molecular complexity index is 897. The Labute approximate surface area is 157 Å². The lowest BCUT2D eigenvalue weighted by atomic mass is 9.66. The number of rotatable bonds is 2. The van der Waals surface area contributed by atoms with E-state index in [0.29, 0.717) is 5.92 Å². The van der Waals surface area contributed by atoms with Crippen LogP contribution in [0.5, 0.6) is 0 Å². The highest BCUT2D eigenvalue weighted by atomic mass is 32.3. The number of nitrogens with one attached hydrogen (secondary N) is 1. The number of carbonyl (C=O) groups excluding carboxylic acids is 1. The first kappa shape index (κ1) is 19.4. The van der Waals surface area contributed by atoms with Gasteiger partial charge in [0.25, 0.3) is 0 Å². The lowest BCUT2D eigenvalue weighted by Crippen LogP contribution is -2.34. The van der Waals surface area contributed by atoms with Crippen LogP contribution >= 0.6 is 0 Å². The minimum atomic E-state index is -5.17. The molecule has 0 amide bonds. The minimum Gasteiger partial charge on any atom is -0.759 e. The monoisotopic (exact) mass is 393 g/mol. The minimum absolute atomic E-state index is 0.0346. The van der Waals surface area contributed by atoms with Crippen molar-refractivity contribution < 1.29 is 31.8 Å². The van der Waals surface area contributed by atoms with Gasteiger partial charge in [-0.1, -0.05) is 12.2 Å². The van der Waals surface area contributed by atoms with Crippen molar-refractivity contribution in [3.8, 4) is 0 Å². The number of hydrogen-bond donors (Lipinski definition) is 1. The number of ether oxygens (including phenoxy) is 2. The van der Waals surface area contributed by atoms with Crippen molar-refractivity contribution in [3.05, 3.63) is 58.9 Å². The zero-order valence-electron chi connectivity index (χ0n) is 14.9. The van der Waals surface area contributed by atoms with Gasteiger partial charge in [0.15, 0.2) is 5.78 Å². The van der Waals surface area contributed by atoms with Gasteiger partial charge in [-0.2, -0.15) is 0 Å². The van der Waals surface area contributed by atoms with Crippen molar-refractivity contribution in [1.29, 1.82) is 0 Å². The van der Waals surface area contributed by atoms with E-state index in [1.807, 2.05) is 18.4 Å². The Balaban J connectivity index is 0.000000376. The molecule has 1 spiro atoms. The highest BCUT2D eigenvalue weighted by Gasteiger charge is 2.48. The van der Waals surface area contributed by atoms with Crippen LogP contribution < -0.4 is 5.32 Å². The third-order valence-corrected chi connectivity index (χ3v) is 5.12. The van der Waals surface area contributed by atoms with Crippen LogP contribution in [0.2, 0.25) is 0 Å². The summed E-state index contributed by atoms with van der Waals surface area (Å²) < 4.78 is 45.5. The molecule has 0 aromatic rings. The second-order valence-electron chi connectivity index (χ2n) is 6.61. The predicted octanol–water partition coefficient (Wildman–Crippen LogP) is 1.39. The molecule has 0 aromatic carbocycles. The van der Waals surface area contributed by atoms with E-state index < -0.39 is 10.4 Å². The summed E-state index contributed by atoms with van der Waals surface area (Å²) in [6, 6.07) is 0. The molecule has 3 aliphatic carbocycles. The molecule has 0 aromatic heterocycles. The summed E-state index contributed by atoms with van der Waals surface area (Å²) in [6.07, 6.45) is 12.3. The normalized spacial score (nSPS) is 24.8. The fourth-order valence-corrected chi connectivity index (χ4v) is 4.19. The molecule has 9 heteroatoms. The van der Waals surface area contributed by atoms with Gasteiger partial charge in [0, 0.05) is 22.3 Å². The molecule has 1 heterocycles. The van der Waals surface area contributed by atoms with E-state index in [1.54, 1.807) is 26.4 Å². The number of ketones is 1. The predicted molar refractivity (Wildman–Crippen MR) is 92.8 cm³/mol. The Morgan fingerprint density at radius 3 is 2.37 bits per heavy atom. The molecule has 27 heavy (non-hydrogen) atoms. The zero-order chi connectivity index (χ0) is 19.8. The summed E-state index contributed by atoms with van der Waals surface area (Å²) in [5.74, 6) is 2.19. The summed E-state index contributed by atoms with van der Waals surface area (Å²) in [6.45, 7) is 0. The quantitative estimate of drug-likeness (QED) is 0.551. The smallest absolute Gasteiger partial charge is 0.178 e. The van der Waals surface area contributed by atoms with E-state index >= 15 is 0 Å². The van der Waals surface area contributed by atoms with Gasteiger partial charge in [-0.05, 0) is 42.9 Å². The number of allylic oxidation sites excluding steroid dienone is 5. The Morgan fingerprint density at radius 2 is 1.81 bits per heavy atom. The molecule has 0 saturated carbocycles. The van der Waals surface area contributed by atoms with Crippen LogP contribution in [0.15, 0.2) is 58.9 Å². The molecule has 4 rings (SSSR count). The van der Waals surface area contributed by atoms with Crippen molar-refractivity contribution in [2.45, 2.75) is 19.3 Å². The maximum atomic E-state index is 11.6. The second-order valence-corrected chi connectivity index (χ2v) is 7.43. The molecule has 1 unspecified atom stereocenters. The van der Waals surface area contributed by atoms with E-state index in [9.17, 15) is 4.79 Å². The Hall–Kier alpha value is -2.36. The molecule has 1 aliphatic heterocycles. The largest absolute Gasteiger partial charge is 0.759 e. The van der Waals surface area contributed by atoms with Gasteiger partial charge in [0.1, 0.15) is 11.5 Å². The highest BCUT2D eigenvalue weighted by Crippen LogP contribution is 2.56. The van der Waals surface area contributed by atoms with Gasteiger partial charge < -0.3 is 23.9 Å². The van der Waals surface area contributed by atoms with Crippen molar-refractivity contribution in [1.82, 2.24) is 5.32 Å². The van der Waals surface area contributed by atoms with Gasteiger partial charge in [-0.15, -0.1) is 0 Å². The standard InChI is InChI=1S/C18H19NO3.H2O4S/c1-21-14-10-19-13-4-3-11-9-18(7-5-12(20)6-8-18)17(22-2)16(14)15(11)13;1-5(2,3)4/h5-8,10-11,19H,3-4,9H2,1-2H3;(H2,1,2,3,4)/p-2. The van der Waals surface area contributed by atoms with Crippen LogP contribution in [-0.4, -0.2) is 37.5 Å². The molecule has 8 nitrogen and oxygen atoms in total. The fraction of sp³-hybridized carbons (Fsp3) is 0.389. The topological polar surface area (TPSA) is 128 Å². The maximum Gasteiger partial charge on any atom is 0.178 e. The second kappa shape index (κ2) is 6.99. The lowest BCUT2D eigenvalue weighted by Gasteiger charge is -2.41. The fourth-order valence-electron chi connectivity index (χ4n) is 4.19. The van der Waals surface area contributed by atoms with Gasteiger partial charge >= 0.3 is 0 Å². The van der Waals surface area contributed by atoms with E-state index in [4.69, 9.17) is 27.0 Å². The number of methoxy groups -OCH3 is 2. The molecule has 1 N–H and O–H groups in total. The first-order chi connectivity index (χ1) is 12.7. The Morgan fingerprint density at radius 1 is 1.19 bits per heavy atom. The van der Waals surface area contributed by atoms with Gasteiger partial charge in [-0.3, -0.25) is 13.2 Å². The van der Waals surface area contributed by atoms with Gasteiger partial charge in [-0.25, -0.2) is 0 Å². The van der Waals surface area contributed by atoms with Crippen LogP contribution in [0.1, 0.15) is 19.3 Å². The van der Waals surface area contributed by atoms with Crippen molar-refractivity contribution in [3.63, 3.8) is 0 Å². The van der Waals surface area contributed by atoms with E-state index in [0.717, 1.165) is 36.4 Å². The van der Waals surface area contributed by atoms with E-state index in [2.05, 4.69) is 5.32 Å². The zero-order valence-corrected chi connectivity index (χ0v) is 15.7. The molecule has 0 radical (unpaired) electrons. The first-order valence-electron chi connectivity index (χ1n) is 8.31. The van der Waals surface area contributed by atoms with Crippen LogP contribution in [0.25, 0.3) is 0 Å². The molecule has 0 bridgehead atoms. The molecule has 0 saturated heterocycles. The van der Waals surface area contributed by atoms with Crippen LogP contribution in [-0.2, 0) is 24.7 Å². The van der Waals surface area contributed by atoms with Crippen molar-refractivity contribution in [2.75, 3.05) is 14.2 Å². The van der Waals surface area contributed by atoms with Crippen molar-refractivity contribution >= 4 is 16.2 Å². The molecule has 1 atom stereocenters. The average Bonchev–Trinajstić information content (AvgIpc) is 3.00. The number of dihydropyridines is 1. The number of carbonyl (C=O) groups is 1. The van der Waals surface area contributed by atoms with E-state index in [1.165, 1.54) is 11.3 Å². The van der Waals surface area contributed by atoms with Crippen LogP contribution in [0, 0.1) is 11.3 Å². The van der Waals surface area contributed by atoms with Crippen LogP contribution in [0.3, 0.4) is 0 Å². The summed E-state index contributed by atoms with van der Waals surface area (Å²) in [4.78, 5) is 11.6. The summed E-state index contributed by atoms with van der Waals surface area (Å²) >= 11 is 0. The van der Waals surface area contributed by atoms with E-state index in [-0.39, 0.29) is 11.2 Å². The molecule has 4 aliphatic rings. The third kappa shape index (κ3) is 3.71. The Kier molecular flexibility index (Phi) is 5.02. The van der Waals surface area contributed by atoms with Crippen LogP contribution in [0.4, 0.5) is 0 Å². The maximum absolute atomic E-state index is 11.6. The van der Waals surface area contributed by atoms with Crippen molar-refractivity contribution in [2.24, 2.45) is 11.3 Å².